The Bertz CT molecular complexity index is 601. The van der Waals surface area contributed by atoms with E-state index in [0.29, 0.717) is 13.0 Å². The molecule has 0 radical (unpaired) electrons. The Morgan fingerprint density at radius 3 is 2.87 bits per heavy atom. The van der Waals surface area contributed by atoms with Gasteiger partial charge in [0.15, 0.2) is 0 Å². The normalized spacial score (nSPS) is 23.1. The lowest BCUT2D eigenvalue weighted by molar-refractivity contribution is -0.144. The third-order valence-corrected chi connectivity index (χ3v) is 3.94. The second kappa shape index (κ2) is 6.89. The first-order valence-corrected chi connectivity index (χ1v) is 7.73. The maximum absolute atomic E-state index is 12.2. The molecule has 126 valence electrons. The van der Waals surface area contributed by atoms with Gasteiger partial charge >= 0.3 is 5.97 Å². The van der Waals surface area contributed by atoms with E-state index < -0.39 is 11.5 Å². The zero-order chi connectivity index (χ0) is 17.0. The number of fused-ring (bicyclic) bond motifs is 1. The van der Waals surface area contributed by atoms with Gasteiger partial charge in [-0.1, -0.05) is 6.92 Å². The van der Waals surface area contributed by atoms with Crippen molar-refractivity contribution in [2.45, 2.75) is 31.7 Å². The highest BCUT2D eigenvalue weighted by Gasteiger charge is 2.39. The number of esters is 1. The van der Waals surface area contributed by atoms with Gasteiger partial charge < -0.3 is 19.8 Å². The molecule has 6 heteroatoms. The van der Waals surface area contributed by atoms with E-state index in [1.165, 1.54) is 0 Å². The van der Waals surface area contributed by atoms with Gasteiger partial charge in [0, 0.05) is 31.4 Å². The Labute approximate surface area is 137 Å². The van der Waals surface area contributed by atoms with E-state index in [1.807, 2.05) is 45.4 Å². The van der Waals surface area contributed by atoms with Crippen molar-refractivity contribution in [3.05, 3.63) is 23.8 Å². The van der Waals surface area contributed by atoms with Crippen molar-refractivity contribution in [3.8, 4) is 5.75 Å². The fourth-order valence-electron chi connectivity index (χ4n) is 2.77. The van der Waals surface area contributed by atoms with Crippen LogP contribution in [0.5, 0.6) is 5.75 Å². The van der Waals surface area contributed by atoms with Gasteiger partial charge in [0.1, 0.15) is 11.8 Å². The second-order valence-corrected chi connectivity index (χ2v) is 6.07. The van der Waals surface area contributed by atoms with Crippen LogP contribution in [0.2, 0.25) is 0 Å². The molecular formula is C17H25N3O3. The van der Waals surface area contributed by atoms with Gasteiger partial charge in [-0.05, 0) is 37.1 Å². The first-order chi connectivity index (χ1) is 10.9. The third-order valence-electron chi connectivity index (χ3n) is 3.94. The summed E-state index contributed by atoms with van der Waals surface area (Å²) in [6.07, 6.45) is 2.46. The number of carbonyl (C=O) groups is 1. The summed E-state index contributed by atoms with van der Waals surface area (Å²) in [7, 11) is 5.39. The van der Waals surface area contributed by atoms with Gasteiger partial charge in [-0.25, -0.2) is 4.79 Å². The van der Waals surface area contributed by atoms with Crippen LogP contribution < -0.4 is 10.1 Å². The van der Waals surface area contributed by atoms with Crippen molar-refractivity contribution in [2.75, 3.05) is 33.1 Å². The minimum absolute atomic E-state index is 0.238. The molecule has 0 bridgehead atoms. The van der Waals surface area contributed by atoms with Crippen LogP contribution in [-0.2, 0) is 14.9 Å². The molecule has 0 unspecified atom stereocenters. The van der Waals surface area contributed by atoms with Crippen LogP contribution in [0.25, 0.3) is 0 Å². The molecule has 1 aliphatic rings. The van der Waals surface area contributed by atoms with E-state index in [9.17, 15) is 4.79 Å². The Morgan fingerprint density at radius 1 is 1.52 bits per heavy atom. The maximum Gasteiger partial charge on any atom is 0.328 e. The molecule has 1 heterocycles. The molecule has 2 rings (SSSR count). The summed E-state index contributed by atoms with van der Waals surface area (Å²) < 4.78 is 10.5. The fraction of sp³-hybridized carbons (Fsp3) is 0.529. The van der Waals surface area contributed by atoms with Crippen molar-refractivity contribution in [3.63, 3.8) is 0 Å². The summed E-state index contributed by atoms with van der Waals surface area (Å²) in [4.78, 5) is 12.2. The summed E-state index contributed by atoms with van der Waals surface area (Å²) in [6.45, 7) is 4.26. The van der Waals surface area contributed by atoms with E-state index in [4.69, 9.17) is 9.47 Å². The van der Waals surface area contributed by atoms with Crippen molar-refractivity contribution in [2.24, 2.45) is 5.10 Å². The molecule has 0 saturated heterocycles. The molecule has 0 fully saturated rings. The van der Waals surface area contributed by atoms with Crippen molar-refractivity contribution < 1.29 is 14.3 Å². The molecule has 0 saturated carbocycles. The Hall–Kier alpha value is -2.24. The number of anilines is 1. The number of carbonyl (C=O) groups excluding carboxylic acids is 1. The van der Waals surface area contributed by atoms with Crippen LogP contribution in [0, 0.1) is 0 Å². The number of nitrogens with one attached hydrogen (secondary N) is 1. The zero-order valence-electron chi connectivity index (χ0n) is 14.4. The summed E-state index contributed by atoms with van der Waals surface area (Å²) in [5.74, 6) is 0.544. The molecule has 1 aromatic rings. The summed E-state index contributed by atoms with van der Waals surface area (Å²) in [6, 6.07) is 5.41. The van der Waals surface area contributed by atoms with Gasteiger partial charge in [0.25, 0.3) is 0 Å². The van der Waals surface area contributed by atoms with Crippen molar-refractivity contribution in [1.29, 1.82) is 0 Å². The lowest BCUT2D eigenvalue weighted by atomic mass is 9.74. The van der Waals surface area contributed by atoms with Crippen LogP contribution in [0.15, 0.2) is 23.3 Å². The molecule has 6 nitrogen and oxygen atoms in total. The number of methoxy groups -OCH3 is 1. The molecule has 0 aromatic heterocycles. The molecule has 1 aliphatic heterocycles. The highest BCUT2D eigenvalue weighted by Crippen LogP contribution is 2.40. The van der Waals surface area contributed by atoms with E-state index in [0.717, 1.165) is 17.0 Å². The van der Waals surface area contributed by atoms with Crippen LogP contribution in [0.1, 0.15) is 25.8 Å². The number of nitrogens with zero attached hydrogens (tertiary/aromatic N) is 2. The topological polar surface area (TPSA) is 63.2 Å². The predicted octanol–water partition coefficient (Wildman–Crippen LogP) is 2.25. The molecule has 1 N–H and O–H groups in total. The van der Waals surface area contributed by atoms with Crippen LogP contribution >= 0.6 is 0 Å². The van der Waals surface area contributed by atoms with E-state index in [-0.39, 0.29) is 5.97 Å². The fourth-order valence-corrected chi connectivity index (χ4v) is 2.77. The molecule has 0 aliphatic carbocycles. The smallest absolute Gasteiger partial charge is 0.328 e. The summed E-state index contributed by atoms with van der Waals surface area (Å²) in [5, 5.41) is 9.41. The monoisotopic (exact) mass is 319 g/mol. The van der Waals surface area contributed by atoms with Gasteiger partial charge in [-0.3, -0.25) is 0 Å². The largest absolute Gasteiger partial charge is 0.497 e. The average molecular weight is 319 g/mol. The minimum Gasteiger partial charge on any atom is -0.497 e. The third kappa shape index (κ3) is 3.75. The summed E-state index contributed by atoms with van der Waals surface area (Å²) >= 11 is 0. The number of rotatable bonds is 5. The van der Waals surface area contributed by atoms with Gasteiger partial charge in [0.05, 0.1) is 13.7 Å². The van der Waals surface area contributed by atoms with Gasteiger partial charge in [-0.2, -0.15) is 5.10 Å². The highest BCUT2D eigenvalue weighted by atomic mass is 16.5. The van der Waals surface area contributed by atoms with Crippen LogP contribution in [0.3, 0.4) is 0 Å². The van der Waals surface area contributed by atoms with Crippen molar-refractivity contribution >= 4 is 17.9 Å². The zero-order valence-corrected chi connectivity index (χ0v) is 14.4. The van der Waals surface area contributed by atoms with Gasteiger partial charge in [0.2, 0.25) is 0 Å². The minimum atomic E-state index is -0.394. The number of hydrogen-bond donors (Lipinski definition) is 1. The molecular weight excluding hydrogens is 294 g/mol. The molecule has 2 atom stereocenters. The van der Waals surface area contributed by atoms with E-state index in [1.54, 1.807) is 12.1 Å². The highest BCUT2D eigenvalue weighted by molar-refractivity contribution is 5.86. The number of hydrazone groups is 1. The Morgan fingerprint density at radius 2 is 2.26 bits per heavy atom. The lowest BCUT2D eigenvalue weighted by Crippen LogP contribution is -2.44. The quantitative estimate of drug-likeness (QED) is 0.512. The molecule has 0 amide bonds. The average Bonchev–Trinajstić information content (AvgIpc) is 2.53. The molecule has 23 heavy (non-hydrogen) atoms. The first kappa shape index (κ1) is 17.1. The number of ether oxygens (including phenoxy) is 2. The Kier molecular flexibility index (Phi) is 5.13. The SMILES string of the molecule is CCOC(=O)[C@H]1C[C@@](C)(/C=N/N(C)C)c2cc(OC)ccc2N1. The maximum atomic E-state index is 12.2. The molecule has 0 spiro atoms. The number of hydrogen-bond acceptors (Lipinski definition) is 6. The predicted molar refractivity (Wildman–Crippen MR) is 91.2 cm³/mol. The number of benzene rings is 1. The second-order valence-electron chi connectivity index (χ2n) is 6.07. The van der Waals surface area contributed by atoms with E-state index >= 15 is 0 Å². The standard InChI is InChI=1S/C17H25N3O3/c1-6-23-16(21)15-10-17(2,11-18-20(3)4)13-9-12(22-5)7-8-14(13)19-15/h7-9,11,15,19H,6,10H2,1-5H3/b18-11+/t15-,17+/m1/s1. The Balaban J connectivity index is 2.44. The summed E-state index contributed by atoms with van der Waals surface area (Å²) in [5.41, 5.74) is 1.57. The van der Waals surface area contributed by atoms with Gasteiger partial charge in [-0.15, -0.1) is 0 Å². The molecule has 1 aromatic carbocycles. The lowest BCUT2D eigenvalue weighted by Gasteiger charge is -2.37. The van der Waals surface area contributed by atoms with Crippen LogP contribution in [0.4, 0.5) is 5.69 Å². The van der Waals surface area contributed by atoms with Crippen molar-refractivity contribution in [1.82, 2.24) is 5.01 Å². The van der Waals surface area contributed by atoms with Crippen LogP contribution in [-0.4, -0.2) is 51.0 Å². The van der Waals surface area contributed by atoms with E-state index in [2.05, 4.69) is 17.3 Å². The first-order valence-electron chi connectivity index (χ1n) is 7.73.